The quantitative estimate of drug-likeness (QED) is 0.668. The van der Waals surface area contributed by atoms with Gasteiger partial charge in [0.25, 0.3) is 0 Å². The summed E-state index contributed by atoms with van der Waals surface area (Å²) in [6, 6.07) is 0.488. The summed E-state index contributed by atoms with van der Waals surface area (Å²) >= 11 is 0. The van der Waals surface area contributed by atoms with Crippen LogP contribution in [0.2, 0.25) is 0 Å². The molecule has 0 aromatic rings. The lowest BCUT2D eigenvalue weighted by Gasteiger charge is -2.25. The number of carbonyl (C=O) groups is 1. The number of carbonyl (C=O) groups excluding carboxylic acids is 1. The minimum atomic E-state index is 0. The third kappa shape index (κ3) is 5.65. The van der Waals surface area contributed by atoms with E-state index in [2.05, 4.69) is 10.2 Å². The first kappa shape index (κ1) is 16.7. The van der Waals surface area contributed by atoms with E-state index in [9.17, 15) is 4.79 Å². The lowest BCUT2D eigenvalue weighted by atomic mass is 10.1. The highest BCUT2D eigenvalue weighted by Gasteiger charge is 2.34. The second kappa shape index (κ2) is 8.74. The van der Waals surface area contributed by atoms with Gasteiger partial charge in [-0.05, 0) is 19.3 Å². The van der Waals surface area contributed by atoms with Gasteiger partial charge in [-0.1, -0.05) is 0 Å². The largest absolute Gasteiger partial charge is 0.383 e. The van der Waals surface area contributed by atoms with Crippen LogP contribution in [-0.2, 0) is 14.3 Å². The Balaban J connectivity index is 0.00000180. The summed E-state index contributed by atoms with van der Waals surface area (Å²) in [5, 5.41) is 3.13. The van der Waals surface area contributed by atoms with Crippen molar-refractivity contribution in [3.05, 3.63) is 0 Å². The summed E-state index contributed by atoms with van der Waals surface area (Å²) in [4.78, 5) is 14.2. The monoisotopic (exact) mass is 292 g/mol. The van der Waals surface area contributed by atoms with Crippen molar-refractivity contribution in [1.82, 2.24) is 10.2 Å². The molecule has 1 N–H and O–H groups in total. The molecule has 5 nitrogen and oxygen atoms in total. The number of amides is 1. The second-order valence-corrected chi connectivity index (χ2v) is 5.18. The van der Waals surface area contributed by atoms with Crippen LogP contribution >= 0.6 is 12.4 Å². The summed E-state index contributed by atoms with van der Waals surface area (Å²) in [5.74, 6) is 0.758. The number of ether oxygens (including phenoxy) is 2. The van der Waals surface area contributed by atoms with Gasteiger partial charge in [0.05, 0.1) is 19.8 Å². The van der Waals surface area contributed by atoms with Gasteiger partial charge in [-0.3, -0.25) is 4.79 Å². The van der Waals surface area contributed by atoms with Gasteiger partial charge in [0.15, 0.2) is 0 Å². The fourth-order valence-corrected chi connectivity index (χ4v) is 2.32. The van der Waals surface area contributed by atoms with Crippen LogP contribution in [0.15, 0.2) is 0 Å². The predicted molar refractivity (Wildman–Crippen MR) is 75.7 cm³/mol. The van der Waals surface area contributed by atoms with Crippen molar-refractivity contribution >= 4 is 18.3 Å². The van der Waals surface area contributed by atoms with Gasteiger partial charge in [0.2, 0.25) is 5.91 Å². The molecule has 19 heavy (non-hydrogen) atoms. The van der Waals surface area contributed by atoms with Crippen molar-refractivity contribution in [3.63, 3.8) is 0 Å². The standard InChI is InChI=1S/C13H24N2O3.ClH/c1-17-7-5-14-8-13(16)15(12-2-3-12)9-11-4-6-18-10-11;/h11-12,14H,2-10H2,1H3;1H. The van der Waals surface area contributed by atoms with E-state index < -0.39 is 0 Å². The van der Waals surface area contributed by atoms with Crippen LogP contribution in [0.3, 0.4) is 0 Å². The molecule has 2 fully saturated rings. The van der Waals surface area contributed by atoms with Crippen LogP contribution < -0.4 is 5.32 Å². The number of rotatable bonds is 8. The molecule has 0 radical (unpaired) electrons. The predicted octanol–water partition coefficient (Wildman–Crippen LogP) is 0.672. The fourth-order valence-electron chi connectivity index (χ4n) is 2.32. The Hall–Kier alpha value is -0.360. The van der Waals surface area contributed by atoms with E-state index in [0.717, 1.165) is 45.6 Å². The van der Waals surface area contributed by atoms with E-state index in [4.69, 9.17) is 9.47 Å². The zero-order chi connectivity index (χ0) is 12.8. The van der Waals surface area contributed by atoms with Gasteiger partial charge >= 0.3 is 0 Å². The van der Waals surface area contributed by atoms with E-state index >= 15 is 0 Å². The molecule has 0 aromatic heterocycles. The molecule has 1 aliphatic heterocycles. The van der Waals surface area contributed by atoms with Crippen molar-refractivity contribution in [3.8, 4) is 0 Å². The summed E-state index contributed by atoms with van der Waals surface area (Å²) in [6.07, 6.45) is 3.42. The molecule has 0 bridgehead atoms. The average molecular weight is 293 g/mol. The first-order chi connectivity index (χ1) is 8.81. The molecule has 6 heteroatoms. The molecule has 2 aliphatic rings. The minimum Gasteiger partial charge on any atom is -0.383 e. The maximum atomic E-state index is 12.2. The third-order valence-corrected chi connectivity index (χ3v) is 3.55. The van der Waals surface area contributed by atoms with E-state index in [1.54, 1.807) is 7.11 Å². The van der Waals surface area contributed by atoms with Gasteiger partial charge in [-0.25, -0.2) is 0 Å². The van der Waals surface area contributed by atoms with E-state index in [0.29, 0.717) is 25.1 Å². The smallest absolute Gasteiger partial charge is 0.236 e. The third-order valence-electron chi connectivity index (χ3n) is 3.55. The van der Waals surface area contributed by atoms with Crippen LogP contribution in [0.1, 0.15) is 19.3 Å². The van der Waals surface area contributed by atoms with Crippen LogP contribution in [0.5, 0.6) is 0 Å². The highest BCUT2D eigenvalue weighted by molar-refractivity contribution is 5.85. The molecule has 1 aliphatic carbocycles. The van der Waals surface area contributed by atoms with Crippen molar-refractivity contribution in [1.29, 1.82) is 0 Å². The van der Waals surface area contributed by atoms with E-state index in [-0.39, 0.29) is 18.3 Å². The number of halogens is 1. The molecule has 1 heterocycles. The van der Waals surface area contributed by atoms with Crippen LogP contribution in [0.4, 0.5) is 0 Å². The summed E-state index contributed by atoms with van der Waals surface area (Å²) in [6.45, 7) is 4.33. The first-order valence-electron chi connectivity index (χ1n) is 6.88. The van der Waals surface area contributed by atoms with Crippen LogP contribution in [0.25, 0.3) is 0 Å². The molecule has 2 rings (SSSR count). The zero-order valence-corrected chi connectivity index (χ0v) is 12.4. The SMILES string of the molecule is COCCNCC(=O)N(CC1CCOC1)C1CC1.Cl. The molecular formula is C13H25ClN2O3. The Kier molecular flexibility index (Phi) is 7.68. The zero-order valence-electron chi connectivity index (χ0n) is 11.6. The molecule has 1 saturated heterocycles. The second-order valence-electron chi connectivity index (χ2n) is 5.18. The van der Waals surface area contributed by atoms with E-state index in [1.807, 2.05) is 0 Å². The topological polar surface area (TPSA) is 50.8 Å². The number of methoxy groups -OCH3 is 1. The number of nitrogens with zero attached hydrogens (tertiary/aromatic N) is 1. The Bertz CT molecular complexity index is 269. The fraction of sp³-hybridized carbons (Fsp3) is 0.923. The van der Waals surface area contributed by atoms with Gasteiger partial charge in [0.1, 0.15) is 0 Å². The minimum absolute atomic E-state index is 0. The van der Waals surface area contributed by atoms with Crippen molar-refractivity contribution in [2.24, 2.45) is 5.92 Å². The van der Waals surface area contributed by atoms with Crippen molar-refractivity contribution in [2.45, 2.75) is 25.3 Å². The Morgan fingerprint density at radius 2 is 2.21 bits per heavy atom. The van der Waals surface area contributed by atoms with Crippen LogP contribution in [0, 0.1) is 5.92 Å². The van der Waals surface area contributed by atoms with Gasteiger partial charge in [-0.2, -0.15) is 0 Å². The summed E-state index contributed by atoms with van der Waals surface area (Å²) in [7, 11) is 1.67. The van der Waals surface area contributed by atoms with Gasteiger partial charge in [-0.15, -0.1) is 12.4 Å². The molecular weight excluding hydrogens is 268 g/mol. The Morgan fingerprint density at radius 1 is 1.42 bits per heavy atom. The van der Waals surface area contributed by atoms with Gasteiger partial charge < -0.3 is 19.7 Å². The maximum Gasteiger partial charge on any atom is 0.236 e. The average Bonchev–Trinajstić information content (AvgIpc) is 3.08. The lowest BCUT2D eigenvalue weighted by molar-refractivity contribution is -0.131. The molecule has 1 saturated carbocycles. The normalized spacial score (nSPS) is 22.1. The Labute approximate surface area is 121 Å². The summed E-state index contributed by atoms with van der Waals surface area (Å²) in [5.41, 5.74) is 0. The molecule has 0 aromatic carbocycles. The molecule has 1 atom stereocenters. The molecule has 112 valence electrons. The highest BCUT2D eigenvalue weighted by atomic mass is 35.5. The number of nitrogens with one attached hydrogen (secondary N) is 1. The molecule has 0 spiro atoms. The number of hydrogen-bond donors (Lipinski definition) is 1. The number of hydrogen-bond acceptors (Lipinski definition) is 4. The first-order valence-corrected chi connectivity index (χ1v) is 6.88. The lowest BCUT2D eigenvalue weighted by Crippen LogP contribution is -2.42. The van der Waals surface area contributed by atoms with Crippen molar-refractivity contribution < 1.29 is 14.3 Å². The van der Waals surface area contributed by atoms with Crippen molar-refractivity contribution in [2.75, 3.05) is 46.6 Å². The summed E-state index contributed by atoms with van der Waals surface area (Å²) < 4.78 is 10.3. The Morgan fingerprint density at radius 3 is 2.79 bits per heavy atom. The van der Waals surface area contributed by atoms with E-state index in [1.165, 1.54) is 0 Å². The molecule has 1 amide bonds. The molecule has 1 unspecified atom stereocenters. The van der Waals surface area contributed by atoms with Gasteiger partial charge in [0, 0.05) is 38.8 Å². The highest BCUT2D eigenvalue weighted by Crippen LogP contribution is 2.28. The van der Waals surface area contributed by atoms with Crippen LogP contribution in [-0.4, -0.2) is 63.4 Å². The maximum absolute atomic E-state index is 12.2.